The predicted molar refractivity (Wildman–Crippen MR) is 91.6 cm³/mol. The van der Waals surface area contributed by atoms with E-state index in [1.165, 1.54) is 0 Å². The van der Waals surface area contributed by atoms with Gasteiger partial charge in [0.25, 0.3) is 0 Å². The van der Waals surface area contributed by atoms with E-state index in [0.717, 1.165) is 44.5 Å². The zero-order chi connectivity index (χ0) is 16.8. The molecule has 2 amide bonds. The summed E-state index contributed by atoms with van der Waals surface area (Å²) in [5.41, 5.74) is 0. The minimum Gasteiger partial charge on any atom is -0.494 e. The maximum Gasteiger partial charge on any atom is 0.225 e. The third-order valence-electron chi connectivity index (χ3n) is 4.66. The summed E-state index contributed by atoms with van der Waals surface area (Å²) < 4.78 is 5.59. The van der Waals surface area contributed by atoms with E-state index >= 15 is 0 Å². The van der Waals surface area contributed by atoms with Crippen molar-refractivity contribution in [1.29, 1.82) is 0 Å². The number of likely N-dealkylation sites (tertiary alicyclic amines) is 1. The van der Waals surface area contributed by atoms with Gasteiger partial charge in [-0.3, -0.25) is 9.59 Å². The van der Waals surface area contributed by atoms with Crippen LogP contribution >= 0.6 is 0 Å². The number of hydrogen-bond acceptors (Lipinski definition) is 3. The number of hydrogen-bond donors (Lipinski definition) is 1. The highest BCUT2D eigenvalue weighted by Gasteiger charge is 2.34. The van der Waals surface area contributed by atoms with Crippen LogP contribution in [0.4, 0.5) is 0 Å². The molecule has 0 atom stereocenters. The van der Waals surface area contributed by atoms with E-state index in [2.05, 4.69) is 5.32 Å². The van der Waals surface area contributed by atoms with Gasteiger partial charge in [0.15, 0.2) is 0 Å². The highest BCUT2D eigenvalue weighted by atomic mass is 16.5. The SMILES string of the molecule is O=C(CCCOc1ccccc1)NC1CCN(C(=O)C2CC2)CC1. The van der Waals surface area contributed by atoms with Crippen molar-refractivity contribution in [2.45, 2.75) is 44.6 Å². The molecule has 0 unspecified atom stereocenters. The lowest BCUT2D eigenvalue weighted by Gasteiger charge is -2.32. The zero-order valence-electron chi connectivity index (χ0n) is 14.1. The Labute approximate surface area is 143 Å². The summed E-state index contributed by atoms with van der Waals surface area (Å²) in [6.45, 7) is 2.10. The summed E-state index contributed by atoms with van der Waals surface area (Å²) in [6.07, 6.45) is 5.03. The van der Waals surface area contributed by atoms with Gasteiger partial charge in [0, 0.05) is 31.5 Å². The van der Waals surface area contributed by atoms with E-state index in [9.17, 15) is 9.59 Å². The Bertz CT molecular complexity index is 549. The summed E-state index contributed by atoms with van der Waals surface area (Å²) in [5, 5.41) is 3.09. The first kappa shape index (κ1) is 16.8. The van der Waals surface area contributed by atoms with E-state index in [-0.39, 0.29) is 11.9 Å². The van der Waals surface area contributed by atoms with Crippen LogP contribution in [0.1, 0.15) is 38.5 Å². The molecule has 0 spiro atoms. The molecular weight excluding hydrogens is 304 g/mol. The first-order chi connectivity index (χ1) is 11.7. The summed E-state index contributed by atoms with van der Waals surface area (Å²) >= 11 is 0. The lowest BCUT2D eigenvalue weighted by Crippen LogP contribution is -2.47. The minimum atomic E-state index is 0.0821. The monoisotopic (exact) mass is 330 g/mol. The van der Waals surface area contributed by atoms with Crippen LogP contribution in [0.5, 0.6) is 5.75 Å². The Balaban J connectivity index is 1.28. The molecule has 5 nitrogen and oxygen atoms in total. The number of nitrogens with zero attached hydrogens (tertiary/aromatic N) is 1. The molecule has 1 aliphatic carbocycles. The van der Waals surface area contributed by atoms with Crippen LogP contribution in [0.25, 0.3) is 0 Å². The van der Waals surface area contributed by atoms with Crippen LogP contribution in [0, 0.1) is 5.92 Å². The first-order valence-corrected chi connectivity index (χ1v) is 8.98. The van der Waals surface area contributed by atoms with Crippen molar-refractivity contribution >= 4 is 11.8 Å². The number of carbonyl (C=O) groups excluding carboxylic acids is 2. The molecule has 5 heteroatoms. The molecule has 2 fully saturated rings. The molecule has 1 aromatic carbocycles. The average Bonchev–Trinajstić information content (AvgIpc) is 3.45. The smallest absolute Gasteiger partial charge is 0.225 e. The molecule has 1 heterocycles. The third-order valence-corrected chi connectivity index (χ3v) is 4.66. The molecule has 1 aliphatic heterocycles. The van der Waals surface area contributed by atoms with Gasteiger partial charge in [0.1, 0.15) is 5.75 Å². The number of ether oxygens (including phenoxy) is 1. The van der Waals surface area contributed by atoms with Gasteiger partial charge in [-0.25, -0.2) is 0 Å². The fraction of sp³-hybridized carbons (Fsp3) is 0.579. The van der Waals surface area contributed by atoms with Crippen LogP contribution in [0.15, 0.2) is 30.3 Å². The molecule has 3 rings (SSSR count). The average molecular weight is 330 g/mol. The highest BCUT2D eigenvalue weighted by molar-refractivity contribution is 5.81. The summed E-state index contributed by atoms with van der Waals surface area (Å²) in [4.78, 5) is 26.0. The van der Waals surface area contributed by atoms with Crippen LogP contribution < -0.4 is 10.1 Å². The van der Waals surface area contributed by atoms with Crippen LogP contribution in [-0.4, -0.2) is 42.5 Å². The van der Waals surface area contributed by atoms with E-state index < -0.39 is 0 Å². The van der Waals surface area contributed by atoms with Crippen molar-refractivity contribution in [3.8, 4) is 5.75 Å². The van der Waals surface area contributed by atoms with E-state index in [0.29, 0.717) is 31.3 Å². The molecule has 0 bridgehead atoms. The van der Waals surface area contributed by atoms with Gasteiger partial charge in [-0.2, -0.15) is 0 Å². The Kier molecular flexibility index (Phi) is 5.72. The number of carbonyl (C=O) groups is 2. The largest absolute Gasteiger partial charge is 0.494 e. The number of amides is 2. The van der Waals surface area contributed by atoms with Gasteiger partial charge in [-0.05, 0) is 44.2 Å². The number of nitrogens with one attached hydrogen (secondary N) is 1. The maximum atomic E-state index is 12.0. The van der Waals surface area contributed by atoms with Gasteiger partial charge in [-0.15, -0.1) is 0 Å². The van der Waals surface area contributed by atoms with E-state index in [1.54, 1.807) is 0 Å². The fourth-order valence-electron chi connectivity index (χ4n) is 3.07. The molecule has 1 N–H and O–H groups in total. The standard InChI is InChI=1S/C19H26N2O3/c22-18(7-4-14-24-17-5-2-1-3-6-17)20-16-10-12-21(13-11-16)19(23)15-8-9-15/h1-3,5-6,15-16H,4,7-14H2,(H,20,22). The third kappa shape index (κ3) is 4.98. The Morgan fingerprint density at radius 2 is 1.79 bits per heavy atom. The number of benzene rings is 1. The highest BCUT2D eigenvalue weighted by Crippen LogP contribution is 2.31. The van der Waals surface area contributed by atoms with Crippen molar-refractivity contribution < 1.29 is 14.3 Å². The molecule has 0 aromatic heterocycles. The van der Waals surface area contributed by atoms with Gasteiger partial charge < -0.3 is 15.0 Å². The summed E-state index contributed by atoms with van der Waals surface area (Å²) in [6, 6.07) is 9.85. The second kappa shape index (κ2) is 8.18. The second-order valence-electron chi connectivity index (χ2n) is 6.71. The van der Waals surface area contributed by atoms with Crippen molar-refractivity contribution in [1.82, 2.24) is 10.2 Å². The van der Waals surface area contributed by atoms with Gasteiger partial charge >= 0.3 is 0 Å². The zero-order valence-corrected chi connectivity index (χ0v) is 14.1. The van der Waals surface area contributed by atoms with Crippen molar-refractivity contribution in [2.24, 2.45) is 5.92 Å². The molecule has 2 aliphatic rings. The number of para-hydroxylation sites is 1. The topological polar surface area (TPSA) is 58.6 Å². The van der Waals surface area contributed by atoms with Gasteiger partial charge in [-0.1, -0.05) is 18.2 Å². The van der Waals surface area contributed by atoms with Crippen LogP contribution in [0.3, 0.4) is 0 Å². The van der Waals surface area contributed by atoms with Crippen molar-refractivity contribution in [2.75, 3.05) is 19.7 Å². The second-order valence-corrected chi connectivity index (χ2v) is 6.71. The number of rotatable bonds is 7. The van der Waals surface area contributed by atoms with Gasteiger partial charge in [0.2, 0.25) is 11.8 Å². The summed E-state index contributed by atoms with van der Waals surface area (Å²) in [7, 11) is 0. The molecular formula is C19H26N2O3. The summed E-state index contributed by atoms with van der Waals surface area (Å²) in [5.74, 6) is 1.53. The molecule has 1 aromatic rings. The Morgan fingerprint density at radius 3 is 2.46 bits per heavy atom. The normalized spacial score (nSPS) is 18.2. The molecule has 1 saturated carbocycles. The molecule has 0 radical (unpaired) electrons. The van der Waals surface area contributed by atoms with Crippen molar-refractivity contribution in [3.63, 3.8) is 0 Å². The lowest BCUT2D eigenvalue weighted by atomic mass is 10.0. The van der Waals surface area contributed by atoms with Crippen LogP contribution in [0.2, 0.25) is 0 Å². The predicted octanol–water partition coefficient (Wildman–Crippen LogP) is 2.36. The van der Waals surface area contributed by atoms with E-state index in [4.69, 9.17) is 4.74 Å². The number of piperidine rings is 1. The lowest BCUT2D eigenvalue weighted by molar-refractivity contribution is -0.133. The minimum absolute atomic E-state index is 0.0821. The quantitative estimate of drug-likeness (QED) is 0.781. The molecule has 24 heavy (non-hydrogen) atoms. The van der Waals surface area contributed by atoms with E-state index in [1.807, 2.05) is 35.2 Å². The maximum absolute atomic E-state index is 12.0. The Hall–Kier alpha value is -2.04. The fourth-order valence-corrected chi connectivity index (χ4v) is 3.07. The Morgan fingerprint density at radius 1 is 1.08 bits per heavy atom. The van der Waals surface area contributed by atoms with Crippen molar-refractivity contribution in [3.05, 3.63) is 30.3 Å². The molecule has 130 valence electrons. The van der Waals surface area contributed by atoms with Crippen LogP contribution in [-0.2, 0) is 9.59 Å². The first-order valence-electron chi connectivity index (χ1n) is 8.98. The van der Waals surface area contributed by atoms with Gasteiger partial charge in [0.05, 0.1) is 6.61 Å². The molecule has 1 saturated heterocycles.